The summed E-state index contributed by atoms with van der Waals surface area (Å²) in [6, 6.07) is 7.20. The Morgan fingerprint density at radius 2 is 2.03 bits per heavy atom. The van der Waals surface area contributed by atoms with E-state index in [0.717, 1.165) is 0 Å². The van der Waals surface area contributed by atoms with Crippen molar-refractivity contribution >= 4 is 22.7 Å². The first-order valence-corrected chi connectivity index (χ1v) is 9.06. The van der Waals surface area contributed by atoms with Gasteiger partial charge in [-0.3, -0.25) is 14.6 Å². The topological polar surface area (TPSA) is 92.7 Å². The number of hydrogen-bond donors (Lipinski definition) is 0. The average molecular weight is 418 g/mol. The maximum absolute atomic E-state index is 13.7. The molecule has 0 amide bonds. The molecule has 0 radical (unpaired) electrons. The second-order valence-electron chi connectivity index (χ2n) is 6.78. The molecule has 0 bridgehead atoms. The lowest BCUT2D eigenvalue weighted by molar-refractivity contribution is -0.146. The SMILES string of the molecule is CCOC(=O)C1C(C)=NC(C(F)(F)F)=C(C#N)C1c1cccc2c(=O)cc(C)oc12. The number of aryl methyl sites for hydroxylation is 1. The average Bonchev–Trinajstić information content (AvgIpc) is 2.66. The lowest BCUT2D eigenvalue weighted by Crippen LogP contribution is -2.36. The number of rotatable bonds is 3. The van der Waals surface area contributed by atoms with Crippen molar-refractivity contribution in [3.8, 4) is 6.07 Å². The predicted octanol–water partition coefficient (Wildman–Crippen LogP) is 4.18. The molecule has 2 aromatic rings. The summed E-state index contributed by atoms with van der Waals surface area (Å²) in [5.41, 5.74) is -2.51. The zero-order valence-electron chi connectivity index (χ0n) is 16.3. The van der Waals surface area contributed by atoms with Gasteiger partial charge in [0.25, 0.3) is 0 Å². The van der Waals surface area contributed by atoms with E-state index in [1.165, 1.54) is 38.1 Å². The lowest BCUT2D eigenvalue weighted by Gasteiger charge is -2.31. The number of carbonyl (C=O) groups is 1. The molecule has 1 aliphatic rings. The van der Waals surface area contributed by atoms with Crippen molar-refractivity contribution in [1.82, 2.24) is 0 Å². The molecule has 1 aromatic carbocycles. The monoisotopic (exact) mass is 418 g/mol. The molecule has 6 nitrogen and oxygen atoms in total. The molecule has 9 heteroatoms. The molecule has 1 aliphatic heterocycles. The Kier molecular flexibility index (Phi) is 5.53. The van der Waals surface area contributed by atoms with E-state index >= 15 is 0 Å². The standard InChI is InChI=1S/C21H17F3N2O4/c1-4-29-20(28)16-11(3)26-19(21(22,23)24)14(9-25)17(16)13-7-5-6-12-15(27)8-10(2)30-18(12)13/h5-8,16-17H,4H2,1-3H3. The minimum Gasteiger partial charge on any atom is -0.465 e. The third kappa shape index (κ3) is 3.61. The molecule has 2 atom stereocenters. The number of nitriles is 1. The number of fused-ring (bicyclic) bond motifs is 1. The molecule has 3 rings (SSSR count). The van der Waals surface area contributed by atoms with Gasteiger partial charge in [0.1, 0.15) is 17.3 Å². The number of aliphatic imine (C=N–C) groups is 1. The number of alkyl halides is 3. The van der Waals surface area contributed by atoms with Gasteiger partial charge in [-0.25, -0.2) is 0 Å². The third-order valence-electron chi connectivity index (χ3n) is 4.81. The lowest BCUT2D eigenvalue weighted by atomic mass is 9.75. The molecule has 0 saturated carbocycles. The van der Waals surface area contributed by atoms with Crippen LogP contribution in [0, 0.1) is 24.2 Å². The van der Waals surface area contributed by atoms with Crippen LogP contribution in [-0.4, -0.2) is 24.5 Å². The van der Waals surface area contributed by atoms with Crippen LogP contribution in [0.15, 0.2) is 49.7 Å². The Morgan fingerprint density at radius 1 is 1.33 bits per heavy atom. The number of esters is 1. The van der Waals surface area contributed by atoms with Gasteiger partial charge in [-0.1, -0.05) is 12.1 Å². The molecule has 2 unspecified atom stereocenters. The molecule has 0 N–H and O–H groups in total. The van der Waals surface area contributed by atoms with Crippen molar-refractivity contribution in [3.05, 3.63) is 57.1 Å². The minimum atomic E-state index is -4.91. The van der Waals surface area contributed by atoms with E-state index in [-0.39, 0.29) is 40.0 Å². The van der Waals surface area contributed by atoms with Gasteiger partial charge >= 0.3 is 12.1 Å². The summed E-state index contributed by atoms with van der Waals surface area (Å²) < 4.78 is 51.7. The number of benzene rings is 1. The molecule has 1 aromatic heterocycles. The molecular weight excluding hydrogens is 401 g/mol. The Morgan fingerprint density at radius 3 is 2.63 bits per heavy atom. The fraction of sp³-hybridized carbons (Fsp3) is 0.333. The van der Waals surface area contributed by atoms with Crippen LogP contribution in [0.1, 0.15) is 31.1 Å². The van der Waals surface area contributed by atoms with Crippen molar-refractivity contribution in [3.63, 3.8) is 0 Å². The number of carbonyl (C=O) groups excluding carboxylic acids is 1. The number of nitrogens with zero attached hydrogens (tertiary/aromatic N) is 2. The van der Waals surface area contributed by atoms with Crippen LogP contribution >= 0.6 is 0 Å². The highest BCUT2D eigenvalue weighted by Crippen LogP contribution is 2.45. The summed E-state index contributed by atoms with van der Waals surface area (Å²) >= 11 is 0. The van der Waals surface area contributed by atoms with Gasteiger partial charge in [-0.15, -0.1) is 0 Å². The summed E-state index contributed by atoms with van der Waals surface area (Å²) in [6.45, 7) is 4.36. The van der Waals surface area contributed by atoms with Gasteiger partial charge in [0.2, 0.25) is 0 Å². The summed E-state index contributed by atoms with van der Waals surface area (Å²) in [5, 5.41) is 9.76. The largest absolute Gasteiger partial charge is 0.465 e. The zero-order valence-corrected chi connectivity index (χ0v) is 16.3. The Bertz CT molecular complexity index is 1190. The van der Waals surface area contributed by atoms with Gasteiger partial charge in [0.15, 0.2) is 11.1 Å². The maximum atomic E-state index is 13.7. The molecule has 0 aliphatic carbocycles. The van der Waals surface area contributed by atoms with Crippen LogP contribution in [0.4, 0.5) is 13.2 Å². The quantitative estimate of drug-likeness (QED) is 0.698. The smallest absolute Gasteiger partial charge is 0.434 e. The highest BCUT2D eigenvalue weighted by atomic mass is 19.4. The summed E-state index contributed by atoms with van der Waals surface area (Å²) in [4.78, 5) is 28.6. The fourth-order valence-electron chi connectivity index (χ4n) is 3.63. The van der Waals surface area contributed by atoms with Crippen molar-refractivity contribution in [2.75, 3.05) is 6.61 Å². The van der Waals surface area contributed by atoms with Crippen molar-refractivity contribution in [1.29, 1.82) is 5.26 Å². The van der Waals surface area contributed by atoms with Gasteiger partial charge in [-0.05, 0) is 26.8 Å². The van der Waals surface area contributed by atoms with Crippen LogP contribution in [0.3, 0.4) is 0 Å². The van der Waals surface area contributed by atoms with E-state index in [2.05, 4.69) is 4.99 Å². The van der Waals surface area contributed by atoms with E-state index in [1.54, 1.807) is 13.0 Å². The molecule has 156 valence electrons. The first kappa shape index (κ1) is 21.3. The van der Waals surface area contributed by atoms with Gasteiger partial charge < -0.3 is 9.15 Å². The normalized spacial score (nSPS) is 19.4. The molecule has 0 fully saturated rings. The van der Waals surface area contributed by atoms with Crippen molar-refractivity contribution < 1.29 is 27.1 Å². The van der Waals surface area contributed by atoms with E-state index in [9.17, 15) is 28.0 Å². The van der Waals surface area contributed by atoms with Gasteiger partial charge in [0.05, 0.1) is 23.6 Å². The number of hydrogen-bond acceptors (Lipinski definition) is 6. The molecule has 2 heterocycles. The number of para-hydroxylation sites is 1. The van der Waals surface area contributed by atoms with Crippen molar-refractivity contribution in [2.45, 2.75) is 32.9 Å². The zero-order chi connectivity index (χ0) is 22.2. The summed E-state index contributed by atoms with van der Waals surface area (Å²) in [6.07, 6.45) is -4.91. The maximum Gasteiger partial charge on any atom is 0.434 e. The van der Waals surface area contributed by atoms with Crippen molar-refractivity contribution in [2.24, 2.45) is 10.9 Å². The van der Waals surface area contributed by atoms with E-state index < -0.39 is 35.3 Å². The molecular formula is C21H17F3N2O4. The third-order valence-corrected chi connectivity index (χ3v) is 4.81. The van der Waals surface area contributed by atoms with Crippen LogP contribution in [0.2, 0.25) is 0 Å². The van der Waals surface area contributed by atoms with Gasteiger partial charge in [-0.2, -0.15) is 18.4 Å². The number of halogens is 3. The van der Waals surface area contributed by atoms with E-state index in [0.29, 0.717) is 0 Å². The Balaban J connectivity index is 2.40. The first-order valence-electron chi connectivity index (χ1n) is 9.06. The number of allylic oxidation sites excluding steroid dienone is 2. The van der Waals surface area contributed by atoms with E-state index in [4.69, 9.17) is 9.15 Å². The number of ether oxygens (including phenoxy) is 1. The summed E-state index contributed by atoms with van der Waals surface area (Å²) in [7, 11) is 0. The first-order chi connectivity index (χ1) is 14.1. The molecule has 0 spiro atoms. The molecule has 0 saturated heterocycles. The highest BCUT2D eigenvalue weighted by molar-refractivity contribution is 6.04. The van der Waals surface area contributed by atoms with Crippen LogP contribution < -0.4 is 5.43 Å². The van der Waals surface area contributed by atoms with Crippen LogP contribution in [0.5, 0.6) is 0 Å². The summed E-state index contributed by atoms with van der Waals surface area (Å²) in [5.74, 6) is -3.23. The van der Waals surface area contributed by atoms with Gasteiger partial charge in [0, 0.05) is 23.3 Å². The van der Waals surface area contributed by atoms with Crippen LogP contribution in [0.25, 0.3) is 11.0 Å². The second-order valence-corrected chi connectivity index (χ2v) is 6.78. The Labute approximate surface area is 169 Å². The predicted molar refractivity (Wildman–Crippen MR) is 102 cm³/mol. The minimum absolute atomic E-state index is 0.00318. The van der Waals surface area contributed by atoms with E-state index in [1.807, 2.05) is 0 Å². The highest BCUT2D eigenvalue weighted by Gasteiger charge is 2.48. The molecule has 30 heavy (non-hydrogen) atoms. The second kappa shape index (κ2) is 7.78. The Hall–Kier alpha value is -3.41. The fourth-order valence-corrected chi connectivity index (χ4v) is 3.63. The van der Waals surface area contributed by atoms with Crippen LogP contribution in [-0.2, 0) is 9.53 Å².